The van der Waals surface area contributed by atoms with Gasteiger partial charge in [0.25, 0.3) is 0 Å². The van der Waals surface area contributed by atoms with Crippen molar-refractivity contribution in [2.24, 2.45) is 0 Å². The van der Waals surface area contributed by atoms with Crippen LogP contribution in [-0.2, 0) is 11.2 Å². The second-order valence-electron chi connectivity index (χ2n) is 7.04. The lowest BCUT2D eigenvalue weighted by molar-refractivity contribution is -0.116. The van der Waals surface area contributed by atoms with Crippen molar-refractivity contribution < 1.29 is 4.79 Å². The summed E-state index contributed by atoms with van der Waals surface area (Å²) in [6, 6.07) is 16.4. The number of aryl methyl sites for hydroxylation is 1. The van der Waals surface area contributed by atoms with Crippen LogP contribution < -0.4 is 10.2 Å². The van der Waals surface area contributed by atoms with Gasteiger partial charge in [-0.25, -0.2) is 4.98 Å². The Balaban J connectivity index is 1.33. The maximum Gasteiger partial charge on any atom is 0.224 e. The van der Waals surface area contributed by atoms with Gasteiger partial charge >= 0.3 is 0 Å². The minimum Gasteiger partial charge on any atom is -0.370 e. The summed E-state index contributed by atoms with van der Waals surface area (Å²) in [6.45, 7) is 2.15. The minimum atomic E-state index is 0.0839. The number of thiazole rings is 1. The van der Waals surface area contributed by atoms with Crippen LogP contribution in [0.4, 0.5) is 11.4 Å². The highest BCUT2D eigenvalue weighted by atomic mass is 32.1. The summed E-state index contributed by atoms with van der Waals surface area (Å²) in [5.41, 5.74) is 3.14. The molecule has 3 aromatic rings. The van der Waals surface area contributed by atoms with Gasteiger partial charge in [0.15, 0.2) is 0 Å². The van der Waals surface area contributed by atoms with Crippen molar-refractivity contribution in [1.29, 1.82) is 0 Å². The molecule has 2 aromatic carbocycles. The van der Waals surface area contributed by atoms with Gasteiger partial charge in [-0.15, -0.1) is 11.3 Å². The number of fused-ring (bicyclic) bond motifs is 1. The molecule has 1 amide bonds. The van der Waals surface area contributed by atoms with E-state index in [1.807, 2.05) is 36.4 Å². The van der Waals surface area contributed by atoms with Crippen LogP contribution in [0.15, 0.2) is 48.5 Å². The molecule has 0 aliphatic carbocycles. The average Bonchev–Trinajstić information content (AvgIpc) is 3.12. The molecular weight excluding hydrogens is 354 g/mol. The standard InChI is InChI=1S/C22H25N3OS/c26-21(13-8-14-22-24-18-10-3-5-12-20(18)27-22)23-17-9-2-4-11-19(17)25-15-6-1-7-16-25/h2-5,9-12H,1,6-8,13-16H2,(H,23,26). The lowest BCUT2D eigenvalue weighted by atomic mass is 10.1. The fourth-order valence-corrected chi connectivity index (χ4v) is 4.64. The molecule has 0 unspecified atom stereocenters. The molecule has 1 aliphatic rings. The van der Waals surface area contributed by atoms with Crippen molar-refractivity contribution in [2.45, 2.75) is 38.5 Å². The Kier molecular flexibility index (Phi) is 5.68. The number of carbonyl (C=O) groups excluding carboxylic acids is 1. The highest BCUT2D eigenvalue weighted by molar-refractivity contribution is 7.18. The molecule has 1 N–H and O–H groups in total. The maximum absolute atomic E-state index is 12.5. The zero-order valence-electron chi connectivity index (χ0n) is 15.5. The smallest absolute Gasteiger partial charge is 0.224 e. The highest BCUT2D eigenvalue weighted by Crippen LogP contribution is 2.28. The quantitative estimate of drug-likeness (QED) is 0.636. The number of nitrogens with one attached hydrogen (secondary N) is 1. The number of carbonyl (C=O) groups is 1. The van der Waals surface area contributed by atoms with E-state index in [0.717, 1.165) is 47.8 Å². The summed E-state index contributed by atoms with van der Waals surface area (Å²) in [6.07, 6.45) is 5.94. The molecule has 0 bridgehead atoms. The molecule has 4 nitrogen and oxygen atoms in total. The van der Waals surface area contributed by atoms with Crippen LogP contribution in [0.2, 0.25) is 0 Å². The number of piperidine rings is 1. The molecular formula is C22H25N3OS. The Morgan fingerprint density at radius 3 is 2.67 bits per heavy atom. The summed E-state index contributed by atoms with van der Waals surface area (Å²) in [7, 11) is 0. The number of amides is 1. The predicted octanol–water partition coefficient (Wildman–Crippen LogP) is 5.25. The average molecular weight is 380 g/mol. The van der Waals surface area contributed by atoms with Crippen molar-refractivity contribution in [3.63, 3.8) is 0 Å². The molecule has 0 spiro atoms. The van der Waals surface area contributed by atoms with Gasteiger partial charge in [-0.3, -0.25) is 4.79 Å². The van der Waals surface area contributed by atoms with Gasteiger partial charge in [-0.2, -0.15) is 0 Å². The van der Waals surface area contributed by atoms with Crippen molar-refractivity contribution in [2.75, 3.05) is 23.3 Å². The van der Waals surface area contributed by atoms with E-state index in [2.05, 4.69) is 27.3 Å². The first-order valence-corrected chi connectivity index (χ1v) is 10.6. The Labute approximate surface area is 164 Å². The minimum absolute atomic E-state index is 0.0839. The number of para-hydroxylation sites is 3. The number of aromatic nitrogens is 1. The van der Waals surface area contributed by atoms with Crippen LogP contribution in [0.25, 0.3) is 10.2 Å². The Bertz CT molecular complexity index is 882. The molecule has 1 fully saturated rings. The number of nitrogens with zero attached hydrogens (tertiary/aromatic N) is 2. The normalized spacial score (nSPS) is 14.4. The third-order valence-electron chi connectivity index (χ3n) is 5.01. The van der Waals surface area contributed by atoms with Crippen molar-refractivity contribution in [1.82, 2.24) is 4.98 Å². The van der Waals surface area contributed by atoms with Gasteiger partial charge in [0.1, 0.15) is 0 Å². The molecule has 140 valence electrons. The number of anilines is 2. The third-order valence-corrected chi connectivity index (χ3v) is 6.10. The van der Waals surface area contributed by atoms with E-state index in [0.29, 0.717) is 6.42 Å². The van der Waals surface area contributed by atoms with Crippen LogP contribution in [-0.4, -0.2) is 24.0 Å². The summed E-state index contributed by atoms with van der Waals surface area (Å²) < 4.78 is 1.22. The van der Waals surface area contributed by atoms with Crippen LogP contribution >= 0.6 is 11.3 Å². The van der Waals surface area contributed by atoms with Gasteiger partial charge in [0, 0.05) is 19.5 Å². The van der Waals surface area contributed by atoms with Crippen LogP contribution in [0.1, 0.15) is 37.1 Å². The first kappa shape index (κ1) is 18.0. The molecule has 1 aliphatic heterocycles. The van der Waals surface area contributed by atoms with Crippen LogP contribution in [0.3, 0.4) is 0 Å². The van der Waals surface area contributed by atoms with Crippen LogP contribution in [0, 0.1) is 0 Å². The highest BCUT2D eigenvalue weighted by Gasteiger charge is 2.15. The van der Waals surface area contributed by atoms with Crippen molar-refractivity contribution >= 4 is 38.8 Å². The molecule has 1 aromatic heterocycles. The summed E-state index contributed by atoms with van der Waals surface area (Å²) in [5.74, 6) is 0.0839. The van der Waals surface area contributed by atoms with E-state index in [1.54, 1.807) is 11.3 Å². The molecule has 0 saturated carbocycles. The Morgan fingerprint density at radius 1 is 1.04 bits per heavy atom. The first-order chi connectivity index (χ1) is 13.3. The predicted molar refractivity (Wildman–Crippen MR) is 114 cm³/mol. The lowest BCUT2D eigenvalue weighted by Crippen LogP contribution is -2.30. The van der Waals surface area contributed by atoms with E-state index in [4.69, 9.17) is 0 Å². The van der Waals surface area contributed by atoms with Gasteiger partial charge in [-0.1, -0.05) is 24.3 Å². The number of rotatable bonds is 6. The zero-order valence-corrected chi connectivity index (χ0v) is 16.3. The van der Waals surface area contributed by atoms with Gasteiger partial charge in [0.2, 0.25) is 5.91 Å². The molecule has 5 heteroatoms. The van der Waals surface area contributed by atoms with Crippen molar-refractivity contribution in [3.05, 3.63) is 53.5 Å². The zero-order chi connectivity index (χ0) is 18.5. The van der Waals surface area contributed by atoms with Crippen LogP contribution in [0.5, 0.6) is 0 Å². The van der Waals surface area contributed by atoms with E-state index >= 15 is 0 Å². The molecule has 1 saturated heterocycles. The van der Waals surface area contributed by atoms with Gasteiger partial charge < -0.3 is 10.2 Å². The molecule has 27 heavy (non-hydrogen) atoms. The fraction of sp³-hybridized carbons (Fsp3) is 0.364. The number of benzene rings is 2. The van der Waals surface area contributed by atoms with Crippen molar-refractivity contribution in [3.8, 4) is 0 Å². The summed E-state index contributed by atoms with van der Waals surface area (Å²) >= 11 is 1.72. The SMILES string of the molecule is O=C(CCCc1nc2ccccc2s1)Nc1ccccc1N1CCCCC1. The lowest BCUT2D eigenvalue weighted by Gasteiger charge is -2.30. The second kappa shape index (κ2) is 8.53. The summed E-state index contributed by atoms with van der Waals surface area (Å²) in [4.78, 5) is 19.5. The van der Waals surface area contributed by atoms with Gasteiger partial charge in [0.05, 0.1) is 26.6 Å². The molecule has 0 radical (unpaired) electrons. The number of hydrogen-bond donors (Lipinski definition) is 1. The first-order valence-electron chi connectivity index (χ1n) is 9.78. The number of hydrogen-bond acceptors (Lipinski definition) is 4. The van der Waals surface area contributed by atoms with Gasteiger partial charge in [-0.05, 0) is 56.4 Å². The monoisotopic (exact) mass is 379 g/mol. The molecule has 2 heterocycles. The van der Waals surface area contributed by atoms with E-state index in [-0.39, 0.29) is 5.91 Å². The maximum atomic E-state index is 12.5. The third kappa shape index (κ3) is 4.48. The molecule has 0 atom stereocenters. The topological polar surface area (TPSA) is 45.2 Å². The Hall–Kier alpha value is -2.40. The largest absolute Gasteiger partial charge is 0.370 e. The fourth-order valence-electron chi connectivity index (χ4n) is 3.63. The second-order valence-corrected chi connectivity index (χ2v) is 8.16. The molecule has 4 rings (SSSR count). The Morgan fingerprint density at radius 2 is 1.81 bits per heavy atom. The van der Waals surface area contributed by atoms with E-state index in [1.165, 1.54) is 24.0 Å². The van der Waals surface area contributed by atoms with E-state index in [9.17, 15) is 4.79 Å². The van der Waals surface area contributed by atoms with E-state index < -0.39 is 0 Å². The summed E-state index contributed by atoms with van der Waals surface area (Å²) in [5, 5.41) is 4.23.